The number of aromatic nitrogens is 2. The van der Waals surface area contributed by atoms with Crippen LogP contribution in [0.15, 0.2) is 170 Å². The maximum Gasteiger partial charge on any atom is 0.159 e. The monoisotopic (exact) mass is 584 g/mol. The van der Waals surface area contributed by atoms with Crippen molar-refractivity contribution in [2.75, 3.05) is 0 Å². The summed E-state index contributed by atoms with van der Waals surface area (Å²) in [6.45, 7) is 0. The summed E-state index contributed by atoms with van der Waals surface area (Å²) < 4.78 is 0. The summed E-state index contributed by atoms with van der Waals surface area (Å²) in [5, 5.41) is 9.86. The van der Waals surface area contributed by atoms with Crippen molar-refractivity contribution in [3.8, 4) is 44.9 Å². The van der Waals surface area contributed by atoms with Crippen LogP contribution in [0.4, 0.5) is 0 Å². The molecule has 8 aromatic carbocycles. The molecule has 214 valence electrons. The Morgan fingerprint density at radius 3 is 1.50 bits per heavy atom. The van der Waals surface area contributed by atoms with Crippen LogP contribution in [0.3, 0.4) is 0 Å². The van der Waals surface area contributed by atoms with Gasteiger partial charge in [-0.25, -0.2) is 9.97 Å². The van der Waals surface area contributed by atoms with Crippen LogP contribution in [0.25, 0.3) is 88.0 Å². The Hall–Kier alpha value is -6.12. The number of rotatable bonds is 4. The second kappa shape index (κ2) is 10.8. The smallest absolute Gasteiger partial charge is 0.159 e. The van der Waals surface area contributed by atoms with Crippen molar-refractivity contribution in [3.63, 3.8) is 0 Å². The van der Waals surface area contributed by atoms with Crippen LogP contribution >= 0.6 is 0 Å². The molecule has 0 saturated heterocycles. The summed E-state index contributed by atoms with van der Waals surface area (Å²) in [5.74, 6) is 0.725. The van der Waals surface area contributed by atoms with Gasteiger partial charge in [-0.2, -0.15) is 0 Å². The molecule has 0 unspecified atom stereocenters. The number of fused-ring (bicyclic) bond motifs is 4. The Kier molecular flexibility index (Phi) is 6.17. The third kappa shape index (κ3) is 4.43. The van der Waals surface area contributed by atoms with Crippen molar-refractivity contribution in [1.82, 2.24) is 9.97 Å². The molecule has 0 saturated carbocycles. The van der Waals surface area contributed by atoms with Gasteiger partial charge in [-0.1, -0.05) is 140 Å². The lowest BCUT2D eigenvalue weighted by Crippen LogP contribution is -1.94. The maximum absolute atomic E-state index is 5.03. The molecule has 0 aliphatic rings. The molecule has 46 heavy (non-hydrogen) atoms. The molecule has 9 rings (SSSR count). The molecule has 2 heteroatoms. The summed E-state index contributed by atoms with van der Waals surface area (Å²) >= 11 is 0. The standard InChI is InChI=1S/C44H28N2/c1-2-12-31(13-3-1)44-45-25-24-41(46-44)34-22-23-39-40(28-34)43(36-21-19-30-11-5-7-15-33(30)27-36)38-17-9-8-16-37(38)42(39)35-20-18-29-10-4-6-14-32(29)26-35/h1-28H. The van der Waals surface area contributed by atoms with Gasteiger partial charge in [0.15, 0.2) is 5.82 Å². The number of hydrogen-bond donors (Lipinski definition) is 0. The molecule has 0 N–H and O–H groups in total. The fourth-order valence-electron chi connectivity index (χ4n) is 6.90. The summed E-state index contributed by atoms with van der Waals surface area (Å²) in [4.78, 5) is 9.63. The van der Waals surface area contributed by atoms with Gasteiger partial charge in [-0.15, -0.1) is 0 Å². The predicted octanol–water partition coefficient (Wildman–Crippen LogP) is 11.8. The lowest BCUT2D eigenvalue weighted by molar-refractivity contribution is 1.18. The minimum Gasteiger partial charge on any atom is -0.237 e. The van der Waals surface area contributed by atoms with E-state index in [0.717, 1.165) is 22.6 Å². The van der Waals surface area contributed by atoms with E-state index in [1.165, 1.54) is 65.3 Å². The van der Waals surface area contributed by atoms with Crippen LogP contribution in [0.2, 0.25) is 0 Å². The van der Waals surface area contributed by atoms with Crippen molar-refractivity contribution < 1.29 is 0 Å². The quantitative estimate of drug-likeness (QED) is 0.192. The van der Waals surface area contributed by atoms with Gasteiger partial charge in [-0.3, -0.25) is 0 Å². The normalized spacial score (nSPS) is 11.5. The molecule has 0 amide bonds. The summed E-state index contributed by atoms with van der Waals surface area (Å²) in [6, 6.07) is 58.7. The number of nitrogens with zero attached hydrogens (tertiary/aromatic N) is 2. The van der Waals surface area contributed by atoms with Gasteiger partial charge < -0.3 is 0 Å². The van der Waals surface area contributed by atoms with Crippen molar-refractivity contribution in [1.29, 1.82) is 0 Å². The molecule has 0 radical (unpaired) electrons. The minimum absolute atomic E-state index is 0.725. The van der Waals surface area contributed by atoms with Crippen molar-refractivity contribution in [2.45, 2.75) is 0 Å². The first kappa shape index (κ1) is 26.3. The van der Waals surface area contributed by atoms with Gasteiger partial charge in [0, 0.05) is 17.3 Å². The lowest BCUT2D eigenvalue weighted by atomic mass is 9.84. The molecule has 1 aromatic heterocycles. The summed E-state index contributed by atoms with van der Waals surface area (Å²) in [5.41, 5.74) is 7.88. The lowest BCUT2D eigenvalue weighted by Gasteiger charge is -2.19. The molecule has 0 spiro atoms. The van der Waals surface area contributed by atoms with Crippen LogP contribution in [-0.2, 0) is 0 Å². The first-order chi connectivity index (χ1) is 22.8. The predicted molar refractivity (Wildman–Crippen MR) is 194 cm³/mol. The van der Waals surface area contributed by atoms with E-state index in [1.807, 2.05) is 30.5 Å². The van der Waals surface area contributed by atoms with Gasteiger partial charge in [0.05, 0.1) is 5.69 Å². The Morgan fingerprint density at radius 2 is 0.848 bits per heavy atom. The Morgan fingerprint density at radius 1 is 0.326 bits per heavy atom. The van der Waals surface area contributed by atoms with E-state index < -0.39 is 0 Å². The van der Waals surface area contributed by atoms with E-state index in [4.69, 9.17) is 4.98 Å². The zero-order valence-electron chi connectivity index (χ0n) is 25.1. The molecule has 1 heterocycles. The van der Waals surface area contributed by atoms with Crippen LogP contribution in [0.5, 0.6) is 0 Å². The zero-order chi connectivity index (χ0) is 30.5. The van der Waals surface area contributed by atoms with Crippen LogP contribution in [0.1, 0.15) is 0 Å². The van der Waals surface area contributed by atoms with Crippen LogP contribution in [0, 0.1) is 0 Å². The highest BCUT2D eigenvalue weighted by molar-refractivity contribution is 6.22. The molecule has 0 atom stereocenters. The van der Waals surface area contributed by atoms with Crippen molar-refractivity contribution >= 4 is 43.1 Å². The molecular weight excluding hydrogens is 556 g/mol. The molecule has 0 aliphatic carbocycles. The van der Waals surface area contributed by atoms with Gasteiger partial charge in [0.2, 0.25) is 0 Å². The van der Waals surface area contributed by atoms with Gasteiger partial charge >= 0.3 is 0 Å². The fourth-order valence-corrected chi connectivity index (χ4v) is 6.90. The highest BCUT2D eigenvalue weighted by atomic mass is 14.9. The average molecular weight is 585 g/mol. The first-order valence-corrected chi connectivity index (χ1v) is 15.7. The van der Waals surface area contributed by atoms with Crippen molar-refractivity contribution in [3.05, 3.63) is 170 Å². The van der Waals surface area contributed by atoms with Gasteiger partial charge in [0.1, 0.15) is 0 Å². The van der Waals surface area contributed by atoms with Crippen molar-refractivity contribution in [2.24, 2.45) is 0 Å². The molecule has 2 nitrogen and oxygen atoms in total. The average Bonchev–Trinajstić information content (AvgIpc) is 3.13. The SMILES string of the molecule is c1ccc(-c2nccc(-c3ccc4c(-c5ccc6ccccc6c5)c5ccccc5c(-c5ccc6ccccc6c5)c4c3)n2)cc1. The van der Waals surface area contributed by atoms with E-state index in [2.05, 4.69) is 145 Å². The van der Waals surface area contributed by atoms with E-state index >= 15 is 0 Å². The molecule has 0 aliphatic heterocycles. The number of benzene rings is 8. The Bertz CT molecular complexity index is 2580. The summed E-state index contributed by atoms with van der Waals surface area (Å²) in [6.07, 6.45) is 1.86. The Balaban J connectivity index is 1.36. The molecule has 9 aromatic rings. The van der Waals surface area contributed by atoms with Crippen LogP contribution in [-0.4, -0.2) is 9.97 Å². The van der Waals surface area contributed by atoms with E-state index in [0.29, 0.717) is 0 Å². The minimum atomic E-state index is 0.725. The highest BCUT2D eigenvalue weighted by Crippen LogP contribution is 2.45. The van der Waals surface area contributed by atoms with E-state index in [9.17, 15) is 0 Å². The second-order valence-electron chi connectivity index (χ2n) is 11.8. The third-order valence-electron chi connectivity index (χ3n) is 9.08. The molecular formula is C44H28N2. The zero-order valence-corrected chi connectivity index (χ0v) is 25.1. The fraction of sp³-hybridized carbons (Fsp3) is 0. The highest BCUT2D eigenvalue weighted by Gasteiger charge is 2.18. The van der Waals surface area contributed by atoms with Crippen LogP contribution < -0.4 is 0 Å². The van der Waals surface area contributed by atoms with Gasteiger partial charge in [0.25, 0.3) is 0 Å². The molecule has 0 bridgehead atoms. The van der Waals surface area contributed by atoms with Gasteiger partial charge in [-0.05, 0) is 89.6 Å². The maximum atomic E-state index is 5.03. The van der Waals surface area contributed by atoms with E-state index in [-0.39, 0.29) is 0 Å². The summed E-state index contributed by atoms with van der Waals surface area (Å²) in [7, 11) is 0. The first-order valence-electron chi connectivity index (χ1n) is 15.7. The van der Waals surface area contributed by atoms with E-state index in [1.54, 1.807) is 0 Å². The second-order valence-corrected chi connectivity index (χ2v) is 11.8. The Labute approximate surface area is 267 Å². The number of hydrogen-bond acceptors (Lipinski definition) is 2. The third-order valence-corrected chi connectivity index (χ3v) is 9.08. The topological polar surface area (TPSA) is 25.8 Å². The largest absolute Gasteiger partial charge is 0.237 e. The molecule has 0 fully saturated rings.